The monoisotopic (exact) mass is 350 g/mol. The highest BCUT2D eigenvalue weighted by Gasteiger charge is 2.47. The third-order valence-electron chi connectivity index (χ3n) is 4.33. The Kier molecular flexibility index (Phi) is 11.6. The SMILES string of the molecule is C=CCC(CCC)(C(=O)OCCC(=C)CC)C(=O)OCCC(=C)CC. The lowest BCUT2D eigenvalue weighted by molar-refractivity contribution is -0.173. The maximum Gasteiger partial charge on any atom is 0.323 e. The van der Waals surface area contributed by atoms with Crippen LogP contribution in [0.4, 0.5) is 0 Å². The molecule has 0 N–H and O–H groups in total. The van der Waals surface area contributed by atoms with Crippen molar-refractivity contribution in [3.63, 3.8) is 0 Å². The first-order chi connectivity index (χ1) is 11.9. The molecule has 0 unspecified atom stereocenters. The number of hydrogen-bond donors (Lipinski definition) is 0. The molecule has 0 aliphatic carbocycles. The molecule has 0 aliphatic rings. The lowest BCUT2D eigenvalue weighted by atomic mass is 9.80. The van der Waals surface area contributed by atoms with Gasteiger partial charge in [-0.3, -0.25) is 9.59 Å². The molecule has 0 saturated carbocycles. The van der Waals surface area contributed by atoms with E-state index in [1.807, 2.05) is 20.8 Å². The van der Waals surface area contributed by atoms with Gasteiger partial charge in [-0.25, -0.2) is 0 Å². The van der Waals surface area contributed by atoms with Gasteiger partial charge >= 0.3 is 11.9 Å². The smallest absolute Gasteiger partial charge is 0.323 e. The standard InChI is InChI=1S/C21H34O4/c1-7-13-21(14-8-2,19(22)24-15-11-17(5)9-3)20(23)25-16-12-18(6)10-4/h7H,1,5-6,8-16H2,2-4H3. The second kappa shape index (κ2) is 12.5. The van der Waals surface area contributed by atoms with Gasteiger partial charge in [-0.2, -0.15) is 0 Å². The second-order valence-electron chi connectivity index (χ2n) is 6.30. The number of hydrogen-bond acceptors (Lipinski definition) is 4. The number of carbonyl (C=O) groups is 2. The number of esters is 2. The molecule has 0 bridgehead atoms. The largest absolute Gasteiger partial charge is 0.464 e. The molecule has 142 valence electrons. The molecule has 0 amide bonds. The van der Waals surface area contributed by atoms with Gasteiger partial charge in [0.2, 0.25) is 0 Å². The summed E-state index contributed by atoms with van der Waals surface area (Å²) < 4.78 is 10.8. The van der Waals surface area contributed by atoms with Crippen molar-refractivity contribution >= 4 is 11.9 Å². The molecule has 0 aromatic carbocycles. The van der Waals surface area contributed by atoms with Gasteiger partial charge in [-0.15, -0.1) is 6.58 Å². The van der Waals surface area contributed by atoms with Crippen LogP contribution in [-0.2, 0) is 19.1 Å². The molecule has 0 saturated heterocycles. The Balaban J connectivity index is 5.03. The molecule has 0 spiro atoms. The predicted molar refractivity (Wildman–Crippen MR) is 102 cm³/mol. The molecule has 0 aromatic rings. The van der Waals surface area contributed by atoms with Gasteiger partial charge in [0, 0.05) is 12.8 Å². The highest BCUT2D eigenvalue weighted by Crippen LogP contribution is 2.33. The average Bonchev–Trinajstić information content (AvgIpc) is 2.60. The molecule has 4 nitrogen and oxygen atoms in total. The predicted octanol–water partition coefficient (Wildman–Crippen LogP) is 5.15. The Bertz CT molecular complexity index is 442. The molecule has 0 aliphatic heterocycles. The van der Waals surface area contributed by atoms with Crippen molar-refractivity contribution in [2.24, 2.45) is 5.41 Å². The van der Waals surface area contributed by atoms with Crippen molar-refractivity contribution in [1.29, 1.82) is 0 Å². The summed E-state index contributed by atoms with van der Waals surface area (Å²) in [5, 5.41) is 0. The third kappa shape index (κ3) is 7.72. The minimum absolute atomic E-state index is 0.210. The fraction of sp³-hybridized carbons (Fsp3) is 0.619. The molecular formula is C21H34O4. The highest BCUT2D eigenvalue weighted by atomic mass is 16.6. The van der Waals surface area contributed by atoms with Crippen LogP contribution in [0.3, 0.4) is 0 Å². The first-order valence-corrected chi connectivity index (χ1v) is 9.16. The summed E-state index contributed by atoms with van der Waals surface area (Å²) in [5.74, 6) is -1.06. The summed E-state index contributed by atoms with van der Waals surface area (Å²) >= 11 is 0. The van der Waals surface area contributed by atoms with Gasteiger partial charge in [0.05, 0.1) is 13.2 Å². The Morgan fingerprint density at radius 2 is 1.36 bits per heavy atom. The van der Waals surface area contributed by atoms with E-state index < -0.39 is 17.4 Å². The summed E-state index contributed by atoms with van der Waals surface area (Å²) in [6.45, 7) is 17.9. The Morgan fingerprint density at radius 1 is 0.920 bits per heavy atom. The van der Waals surface area contributed by atoms with E-state index in [0.717, 1.165) is 24.0 Å². The fourth-order valence-electron chi connectivity index (χ4n) is 2.44. The topological polar surface area (TPSA) is 52.6 Å². The van der Waals surface area contributed by atoms with E-state index in [1.165, 1.54) is 0 Å². The zero-order valence-electron chi connectivity index (χ0n) is 16.2. The minimum atomic E-state index is -1.31. The highest BCUT2D eigenvalue weighted by molar-refractivity contribution is 6.00. The van der Waals surface area contributed by atoms with E-state index in [2.05, 4.69) is 19.7 Å². The van der Waals surface area contributed by atoms with E-state index in [4.69, 9.17) is 9.47 Å². The van der Waals surface area contributed by atoms with Crippen LogP contribution in [0.15, 0.2) is 37.0 Å². The zero-order valence-corrected chi connectivity index (χ0v) is 16.2. The minimum Gasteiger partial charge on any atom is -0.464 e. The molecule has 0 radical (unpaired) electrons. The molecule has 0 rings (SSSR count). The number of ether oxygens (including phenoxy) is 2. The first-order valence-electron chi connectivity index (χ1n) is 9.16. The van der Waals surface area contributed by atoms with Crippen molar-refractivity contribution in [3.8, 4) is 0 Å². The average molecular weight is 350 g/mol. The van der Waals surface area contributed by atoms with E-state index in [0.29, 0.717) is 25.7 Å². The van der Waals surface area contributed by atoms with E-state index in [1.54, 1.807) is 6.08 Å². The normalized spacial score (nSPS) is 10.8. The van der Waals surface area contributed by atoms with Crippen LogP contribution in [0.25, 0.3) is 0 Å². The van der Waals surface area contributed by atoms with Gasteiger partial charge in [0.15, 0.2) is 5.41 Å². The zero-order chi connectivity index (χ0) is 19.3. The van der Waals surface area contributed by atoms with Crippen molar-refractivity contribution < 1.29 is 19.1 Å². The molecule has 0 heterocycles. The van der Waals surface area contributed by atoms with Gasteiger partial charge in [0.1, 0.15) is 0 Å². The number of carbonyl (C=O) groups excluding carboxylic acids is 2. The fourth-order valence-corrected chi connectivity index (χ4v) is 2.44. The van der Waals surface area contributed by atoms with Crippen molar-refractivity contribution in [3.05, 3.63) is 37.0 Å². The maximum absolute atomic E-state index is 12.7. The second-order valence-corrected chi connectivity index (χ2v) is 6.30. The van der Waals surface area contributed by atoms with Crippen LogP contribution < -0.4 is 0 Å². The molecule has 25 heavy (non-hydrogen) atoms. The van der Waals surface area contributed by atoms with Crippen molar-refractivity contribution in [2.45, 2.75) is 65.7 Å². The third-order valence-corrected chi connectivity index (χ3v) is 4.33. The van der Waals surface area contributed by atoms with Crippen LogP contribution in [-0.4, -0.2) is 25.2 Å². The Labute approximate surface area is 153 Å². The van der Waals surface area contributed by atoms with Gasteiger partial charge in [0.25, 0.3) is 0 Å². The van der Waals surface area contributed by atoms with Gasteiger partial charge in [-0.05, 0) is 25.7 Å². The van der Waals surface area contributed by atoms with E-state index in [-0.39, 0.29) is 19.6 Å². The quantitative estimate of drug-likeness (QED) is 0.247. The molecule has 0 aromatic heterocycles. The van der Waals surface area contributed by atoms with Crippen LogP contribution in [0, 0.1) is 5.41 Å². The van der Waals surface area contributed by atoms with Crippen LogP contribution >= 0.6 is 0 Å². The van der Waals surface area contributed by atoms with Crippen LogP contribution in [0.5, 0.6) is 0 Å². The van der Waals surface area contributed by atoms with Crippen LogP contribution in [0.1, 0.15) is 65.7 Å². The Morgan fingerprint density at radius 3 is 1.68 bits per heavy atom. The van der Waals surface area contributed by atoms with Gasteiger partial charge < -0.3 is 9.47 Å². The molecule has 0 atom stereocenters. The lowest BCUT2D eigenvalue weighted by Crippen LogP contribution is -2.42. The Hall–Kier alpha value is -1.84. The summed E-state index contributed by atoms with van der Waals surface area (Å²) in [6, 6.07) is 0. The van der Waals surface area contributed by atoms with E-state index in [9.17, 15) is 9.59 Å². The maximum atomic E-state index is 12.7. The van der Waals surface area contributed by atoms with Crippen molar-refractivity contribution in [1.82, 2.24) is 0 Å². The summed E-state index contributed by atoms with van der Waals surface area (Å²) in [6.07, 6.45) is 5.72. The molecule has 4 heteroatoms. The number of rotatable bonds is 14. The first kappa shape index (κ1) is 23.2. The van der Waals surface area contributed by atoms with E-state index >= 15 is 0 Å². The molecular weight excluding hydrogens is 316 g/mol. The van der Waals surface area contributed by atoms with Gasteiger partial charge in [-0.1, -0.05) is 57.6 Å². The van der Waals surface area contributed by atoms with Crippen molar-refractivity contribution in [2.75, 3.05) is 13.2 Å². The number of allylic oxidation sites excluding steroid dienone is 1. The van der Waals surface area contributed by atoms with Crippen LogP contribution in [0.2, 0.25) is 0 Å². The summed E-state index contributed by atoms with van der Waals surface area (Å²) in [5.41, 5.74) is 0.717. The lowest BCUT2D eigenvalue weighted by Gasteiger charge is -2.28. The summed E-state index contributed by atoms with van der Waals surface area (Å²) in [4.78, 5) is 25.4. The summed E-state index contributed by atoms with van der Waals surface area (Å²) in [7, 11) is 0. The molecule has 0 fully saturated rings.